The Morgan fingerprint density at radius 3 is 2.16 bits per heavy atom. The van der Waals surface area contributed by atoms with E-state index in [-0.39, 0.29) is 0 Å². The van der Waals surface area contributed by atoms with Gasteiger partial charge in [-0.15, -0.1) is 24.8 Å². The van der Waals surface area contributed by atoms with Crippen molar-refractivity contribution >= 4 is 11.6 Å². The number of aliphatic hydroxyl groups excluding tert-OH is 1. The van der Waals surface area contributed by atoms with Crippen LogP contribution in [0, 0.1) is 0 Å². The van der Waals surface area contributed by atoms with E-state index in [4.69, 9.17) is 16.7 Å². The lowest BCUT2D eigenvalue weighted by atomic mass is 10.1. The average molecular weight is 310 g/mol. The number of rotatable bonds is 3. The number of alkyl halides is 7. The molecule has 0 aliphatic carbocycles. The topological polar surface area (TPSA) is 42.4 Å². The molecule has 19 heavy (non-hydrogen) atoms. The Bertz CT molecular complexity index is 459. The van der Waals surface area contributed by atoms with Gasteiger partial charge in [-0.25, -0.2) is 0 Å². The summed E-state index contributed by atoms with van der Waals surface area (Å²) in [7, 11) is 0. The zero-order valence-corrected chi connectivity index (χ0v) is 9.70. The van der Waals surface area contributed by atoms with E-state index in [9.17, 15) is 26.3 Å². The number of hydrogen-bond donors (Lipinski definition) is 1. The number of aromatic nitrogens is 1. The van der Waals surface area contributed by atoms with E-state index in [0.29, 0.717) is 6.20 Å². The van der Waals surface area contributed by atoms with Crippen LogP contribution in [-0.4, -0.2) is 16.5 Å². The van der Waals surface area contributed by atoms with Crippen LogP contribution in [0.2, 0.25) is 0 Å². The standard InChI is InChI=1S/C9H6ClF6NO2/c10-1-4-2-17-5(3-18)6(8(11,12)13)7(4)19-9(14,15)16/h2,18H,1,3H2. The summed E-state index contributed by atoms with van der Waals surface area (Å²) in [4.78, 5) is 3.22. The minimum absolute atomic E-state index is 0.580. The Balaban J connectivity index is 3.53. The fraction of sp³-hybridized carbons (Fsp3) is 0.444. The highest BCUT2D eigenvalue weighted by atomic mass is 35.5. The molecular formula is C9H6ClF6NO2. The molecule has 0 bridgehead atoms. The smallest absolute Gasteiger partial charge is 0.405 e. The molecule has 0 amide bonds. The van der Waals surface area contributed by atoms with E-state index in [1.165, 1.54) is 0 Å². The van der Waals surface area contributed by atoms with Crippen LogP contribution in [0.3, 0.4) is 0 Å². The van der Waals surface area contributed by atoms with Crippen molar-refractivity contribution in [3.8, 4) is 5.75 Å². The van der Waals surface area contributed by atoms with Gasteiger partial charge in [-0.2, -0.15) is 13.2 Å². The van der Waals surface area contributed by atoms with Crippen molar-refractivity contribution in [3.05, 3.63) is 23.0 Å². The molecule has 3 nitrogen and oxygen atoms in total. The monoisotopic (exact) mass is 309 g/mol. The maximum Gasteiger partial charge on any atom is 0.573 e. The molecule has 1 heterocycles. The van der Waals surface area contributed by atoms with Gasteiger partial charge in [0.1, 0.15) is 11.3 Å². The van der Waals surface area contributed by atoms with Crippen LogP contribution in [0.15, 0.2) is 6.20 Å². The molecule has 1 aromatic heterocycles. The fourth-order valence-electron chi connectivity index (χ4n) is 1.31. The van der Waals surface area contributed by atoms with Crippen LogP contribution in [0.5, 0.6) is 5.75 Å². The highest BCUT2D eigenvalue weighted by Crippen LogP contribution is 2.42. The van der Waals surface area contributed by atoms with Crippen LogP contribution in [0.25, 0.3) is 0 Å². The van der Waals surface area contributed by atoms with Crippen LogP contribution in [0.4, 0.5) is 26.3 Å². The normalized spacial score (nSPS) is 12.6. The Morgan fingerprint density at radius 2 is 1.79 bits per heavy atom. The van der Waals surface area contributed by atoms with Gasteiger partial charge >= 0.3 is 12.5 Å². The van der Waals surface area contributed by atoms with Crippen LogP contribution < -0.4 is 4.74 Å². The molecule has 0 unspecified atom stereocenters. The molecule has 0 aliphatic rings. The maximum absolute atomic E-state index is 12.7. The van der Waals surface area contributed by atoms with E-state index in [0.717, 1.165) is 0 Å². The van der Waals surface area contributed by atoms with Gasteiger partial charge in [0.25, 0.3) is 0 Å². The van der Waals surface area contributed by atoms with E-state index in [2.05, 4.69) is 9.72 Å². The predicted octanol–water partition coefficient (Wildman–Crippen LogP) is 3.23. The lowest BCUT2D eigenvalue weighted by Crippen LogP contribution is -2.23. The average Bonchev–Trinajstić information content (AvgIpc) is 2.24. The second-order valence-corrected chi connectivity index (χ2v) is 3.54. The molecule has 0 spiro atoms. The first-order valence-corrected chi connectivity index (χ1v) is 5.14. The van der Waals surface area contributed by atoms with E-state index in [1.807, 2.05) is 0 Å². The van der Waals surface area contributed by atoms with E-state index < -0.39 is 47.6 Å². The summed E-state index contributed by atoms with van der Waals surface area (Å²) in [5.41, 5.74) is -3.34. The van der Waals surface area contributed by atoms with Gasteiger partial charge in [0.05, 0.1) is 18.2 Å². The third-order valence-corrected chi connectivity index (χ3v) is 2.27. The number of aliphatic hydroxyl groups is 1. The minimum Gasteiger partial charge on any atom is -0.405 e. The molecule has 0 saturated heterocycles. The highest BCUT2D eigenvalue weighted by molar-refractivity contribution is 6.17. The van der Waals surface area contributed by atoms with Crippen molar-refractivity contribution in [2.45, 2.75) is 25.0 Å². The quantitative estimate of drug-likeness (QED) is 0.688. The Morgan fingerprint density at radius 1 is 1.21 bits per heavy atom. The van der Waals surface area contributed by atoms with Crippen molar-refractivity contribution in [2.24, 2.45) is 0 Å². The molecule has 0 saturated carbocycles. The Kier molecular flexibility index (Phi) is 4.51. The predicted molar refractivity (Wildman–Crippen MR) is 51.4 cm³/mol. The number of nitrogens with zero attached hydrogens (tertiary/aromatic N) is 1. The zero-order chi connectivity index (χ0) is 14.8. The number of pyridine rings is 1. The fourth-order valence-corrected chi connectivity index (χ4v) is 1.50. The lowest BCUT2D eigenvalue weighted by molar-refractivity contribution is -0.276. The summed E-state index contributed by atoms with van der Waals surface area (Å²) in [5.74, 6) is -2.15. The SMILES string of the molecule is OCc1ncc(CCl)c(OC(F)(F)F)c1C(F)(F)F. The third kappa shape index (κ3) is 3.87. The summed E-state index contributed by atoms with van der Waals surface area (Å²) in [6.45, 7) is -1.19. The molecule has 1 aromatic rings. The maximum atomic E-state index is 12.7. The van der Waals surface area contributed by atoms with Crippen molar-refractivity contribution < 1.29 is 36.2 Å². The molecule has 1 rings (SSSR count). The molecule has 0 radical (unpaired) electrons. The minimum atomic E-state index is -5.32. The first-order valence-electron chi connectivity index (χ1n) is 4.60. The number of hydrogen-bond acceptors (Lipinski definition) is 3. The van der Waals surface area contributed by atoms with Gasteiger partial charge in [0, 0.05) is 11.8 Å². The lowest BCUT2D eigenvalue weighted by Gasteiger charge is -2.19. The summed E-state index contributed by atoms with van der Waals surface area (Å²) >= 11 is 5.26. The molecule has 10 heteroatoms. The molecule has 1 N–H and O–H groups in total. The van der Waals surface area contributed by atoms with Gasteiger partial charge in [0.15, 0.2) is 0 Å². The first kappa shape index (κ1) is 15.8. The van der Waals surface area contributed by atoms with Crippen molar-refractivity contribution in [1.82, 2.24) is 4.98 Å². The zero-order valence-electron chi connectivity index (χ0n) is 8.94. The summed E-state index contributed by atoms with van der Waals surface area (Å²) in [5, 5.41) is 8.74. The van der Waals surface area contributed by atoms with E-state index in [1.54, 1.807) is 0 Å². The molecule has 0 aromatic carbocycles. The van der Waals surface area contributed by atoms with E-state index >= 15 is 0 Å². The summed E-state index contributed by atoms with van der Waals surface area (Å²) in [6.07, 6.45) is -9.81. The Labute approximate surface area is 107 Å². The van der Waals surface area contributed by atoms with Crippen molar-refractivity contribution in [1.29, 1.82) is 0 Å². The molecule has 0 fully saturated rings. The molecule has 108 valence electrons. The Hall–Kier alpha value is -1.22. The van der Waals surface area contributed by atoms with Gasteiger partial charge < -0.3 is 9.84 Å². The molecule has 0 aliphatic heterocycles. The summed E-state index contributed by atoms with van der Waals surface area (Å²) in [6, 6.07) is 0. The first-order chi connectivity index (χ1) is 8.60. The molecular weight excluding hydrogens is 304 g/mol. The van der Waals surface area contributed by atoms with Crippen molar-refractivity contribution in [3.63, 3.8) is 0 Å². The van der Waals surface area contributed by atoms with Crippen molar-refractivity contribution in [2.75, 3.05) is 0 Å². The van der Waals surface area contributed by atoms with Gasteiger partial charge in [-0.05, 0) is 0 Å². The van der Waals surface area contributed by atoms with Gasteiger partial charge in [-0.3, -0.25) is 4.98 Å². The second kappa shape index (κ2) is 5.41. The highest BCUT2D eigenvalue weighted by Gasteiger charge is 2.43. The van der Waals surface area contributed by atoms with Gasteiger partial charge in [0.2, 0.25) is 0 Å². The van der Waals surface area contributed by atoms with Gasteiger partial charge in [-0.1, -0.05) is 0 Å². The van der Waals surface area contributed by atoms with Crippen LogP contribution >= 0.6 is 11.6 Å². The molecule has 0 atom stereocenters. The second-order valence-electron chi connectivity index (χ2n) is 3.27. The number of halogens is 7. The number of ether oxygens (including phenoxy) is 1. The van der Waals surface area contributed by atoms with Crippen LogP contribution in [-0.2, 0) is 18.7 Å². The third-order valence-electron chi connectivity index (χ3n) is 1.98. The summed E-state index contributed by atoms with van der Waals surface area (Å²) < 4.78 is 78.0. The van der Waals surface area contributed by atoms with Crippen LogP contribution in [0.1, 0.15) is 16.8 Å². The largest absolute Gasteiger partial charge is 0.573 e.